The second-order valence-corrected chi connectivity index (χ2v) is 8.73. The van der Waals surface area contributed by atoms with E-state index < -0.39 is 0 Å². The molecular weight excluding hydrogens is 377 g/mol. The van der Waals surface area contributed by atoms with Crippen LogP contribution in [-0.2, 0) is 6.42 Å². The van der Waals surface area contributed by atoms with Gasteiger partial charge in [-0.05, 0) is 52.6 Å². The molecule has 0 saturated heterocycles. The fourth-order valence-corrected chi connectivity index (χ4v) is 3.45. The van der Waals surface area contributed by atoms with E-state index in [-0.39, 0.29) is 11.2 Å². The van der Waals surface area contributed by atoms with Crippen LogP contribution in [0.1, 0.15) is 37.7 Å². The minimum atomic E-state index is -0.278. The van der Waals surface area contributed by atoms with E-state index in [0.29, 0.717) is 28.4 Å². The van der Waals surface area contributed by atoms with Gasteiger partial charge < -0.3 is 5.73 Å². The molecule has 4 rings (SSSR count). The van der Waals surface area contributed by atoms with Gasteiger partial charge in [-0.2, -0.15) is 5.10 Å². The van der Waals surface area contributed by atoms with Crippen molar-refractivity contribution in [3.63, 3.8) is 0 Å². The molecule has 0 amide bonds. The summed E-state index contributed by atoms with van der Waals surface area (Å²) < 4.78 is 13.4. The number of aromatic nitrogens is 3. The first-order valence-corrected chi connectivity index (χ1v) is 9.79. The number of halogens is 1. The summed E-state index contributed by atoms with van der Waals surface area (Å²) in [7, 11) is 0. The summed E-state index contributed by atoms with van der Waals surface area (Å²) in [5.41, 5.74) is 9.21. The molecule has 0 aliphatic heterocycles. The summed E-state index contributed by atoms with van der Waals surface area (Å²) in [5, 5.41) is 17.7. The smallest absolute Gasteiger partial charge is 0.181 e. The summed E-state index contributed by atoms with van der Waals surface area (Å²) >= 11 is 0. The Morgan fingerprint density at radius 2 is 1.77 bits per heavy atom. The largest absolute Gasteiger partial charge is 0.398 e. The first-order valence-electron chi connectivity index (χ1n) is 9.79. The fourth-order valence-electron chi connectivity index (χ4n) is 3.45. The molecule has 1 aromatic heterocycles. The second kappa shape index (κ2) is 7.37. The average molecular weight is 401 g/mol. The van der Waals surface area contributed by atoms with Crippen LogP contribution in [0.2, 0.25) is 0 Å². The zero-order valence-corrected chi connectivity index (χ0v) is 17.3. The maximum Gasteiger partial charge on any atom is 0.181 e. The van der Waals surface area contributed by atoms with Crippen LogP contribution in [-0.4, -0.2) is 20.9 Å². The van der Waals surface area contributed by atoms with Gasteiger partial charge in [0.1, 0.15) is 11.6 Å². The van der Waals surface area contributed by atoms with Gasteiger partial charge in [-0.1, -0.05) is 39.0 Å². The molecule has 6 heteroatoms. The van der Waals surface area contributed by atoms with Gasteiger partial charge in [0.05, 0.1) is 5.71 Å². The van der Waals surface area contributed by atoms with Crippen molar-refractivity contribution in [2.75, 3.05) is 5.73 Å². The van der Waals surface area contributed by atoms with E-state index >= 15 is 0 Å². The number of fused-ring (bicyclic) bond motifs is 1. The summed E-state index contributed by atoms with van der Waals surface area (Å²) in [6.45, 7) is 6.45. The minimum absolute atomic E-state index is 0.101. The van der Waals surface area contributed by atoms with Crippen molar-refractivity contribution in [3.8, 4) is 11.4 Å². The van der Waals surface area contributed by atoms with Crippen LogP contribution in [0.4, 0.5) is 10.1 Å². The van der Waals surface area contributed by atoms with Gasteiger partial charge in [-0.15, -0.1) is 0 Å². The van der Waals surface area contributed by atoms with Gasteiger partial charge in [0, 0.05) is 28.8 Å². The highest BCUT2D eigenvalue weighted by Gasteiger charge is 2.17. The molecule has 0 aliphatic carbocycles. The molecule has 0 atom stereocenters. The van der Waals surface area contributed by atoms with Gasteiger partial charge in [0.15, 0.2) is 5.82 Å². The third-order valence-corrected chi connectivity index (χ3v) is 4.90. The van der Waals surface area contributed by atoms with Crippen molar-refractivity contribution in [1.29, 1.82) is 5.41 Å². The van der Waals surface area contributed by atoms with Crippen LogP contribution >= 0.6 is 0 Å². The summed E-state index contributed by atoms with van der Waals surface area (Å²) in [6, 6.07) is 15.6. The van der Waals surface area contributed by atoms with Crippen molar-refractivity contribution in [1.82, 2.24) is 15.2 Å². The second-order valence-electron chi connectivity index (χ2n) is 8.73. The topological polar surface area (TPSA) is 91.4 Å². The number of rotatable bonds is 4. The number of H-pyrrole nitrogens is 1. The van der Waals surface area contributed by atoms with E-state index in [9.17, 15) is 4.39 Å². The quantitative estimate of drug-likeness (QED) is 0.318. The Kier molecular flexibility index (Phi) is 4.86. The lowest BCUT2D eigenvalue weighted by Gasteiger charge is -2.15. The molecule has 1 heterocycles. The number of hydrogen-bond donors (Lipinski definition) is 3. The Morgan fingerprint density at radius 3 is 2.53 bits per heavy atom. The van der Waals surface area contributed by atoms with Crippen LogP contribution in [0.3, 0.4) is 0 Å². The van der Waals surface area contributed by atoms with Crippen molar-refractivity contribution in [2.45, 2.75) is 27.2 Å². The number of hydrogen-bond acceptors (Lipinski definition) is 4. The number of benzene rings is 3. The van der Waals surface area contributed by atoms with Crippen LogP contribution in [0.25, 0.3) is 22.2 Å². The Bertz CT molecular complexity index is 1250. The molecule has 5 nitrogen and oxygen atoms in total. The summed E-state index contributed by atoms with van der Waals surface area (Å²) in [6.07, 6.45) is 0.787. The van der Waals surface area contributed by atoms with Crippen molar-refractivity contribution >= 4 is 22.2 Å². The van der Waals surface area contributed by atoms with Gasteiger partial charge in [-0.3, -0.25) is 10.5 Å². The molecule has 0 bridgehead atoms. The zero-order chi connectivity index (χ0) is 21.5. The predicted octanol–water partition coefficient (Wildman–Crippen LogP) is 5.35. The highest BCUT2D eigenvalue weighted by atomic mass is 19.1. The molecule has 3 aromatic carbocycles. The normalized spacial score (nSPS) is 11.7. The molecule has 0 radical (unpaired) electrons. The highest BCUT2D eigenvalue weighted by molar-refractivity contribution is 6.15. The molecule has 0 fully saturated rings. The molecular formula is C24H24FN5. The van der Waals surface area contributed by atoms with Crippen LogP contribution in [0.5, 0.6) is 0 Å². The molecule has 4 aromatic rings. The molecule has 152 valence electrons. The maximum absolute atomic E-state index is 13.4. The van der Waals surface area contributed by atoms with Gasteiger partial charge in [0.2, 0.25) is 0 Å². The predicted molar refractivity (Wildman–Crippen MR) is 119 cm³/mol. The Balaban J connectivity index is 1.68. The lowest BCUT2D eigenvalue weighted by atomic mass is 9.92. The van der Waals surface area contributed by atoms with Crippen molar-refractivity contribution < 1.29 is 4.39 Å². The first kappa shape index (κ1) is 19.8. The Labute approximate surface area is 174 Å². The monoisotopic (exact) mass is 401 g/mol. The minimum Gasteiger partial charge on any atom is -0.398 e. The number of anilines is 1. The highest BCUT2D eigenvalue weighted by Crippen LogP contribution is 2.26. The average Bonchev–Trinajstić information content (AvgIpc) is 3.14. The number of nitrogens with zero attached hydrogens (tertiary/aromatic N) is 2. The molecule has 0 saturated carbocycles. The van der Waals surface area contributed by atoms with Crippen LogP contribution in [0.15, 0.2) is 54.6 Å². The first-order chi connectivity index (χ1) is 14.2. The van der Waals surface area contributed by atoms with Crippen LogP contribution < -0.4 is 5.73 Å². The molecule has 0 unspecified atom stereocenters. The fraction of sp³-hybridized carbons (Fsp3) is 0.208. The number of aromatic amines is 1. The molecule has 30 heavy (non-hydrogen) atoms. The lowest BCUT2D eigenvalue weighted by molar-refractivity contribution is 0.401. The Hall–Kier alpha value is -3.54. The van der Waals surface area contributed by atoms with Gasteiger partial charge >= 0.3 is 0 Å². The number of nitrogen functional groups attached to an aromatic ring is 1. The molecule has 0 aliphatic rings. The van der Waals surface area contributed by atoms with Crippen LogP contribution in [0, 0.1) is 16.6 Å². The summed E-state index contributed by atoms with van der Waals surface area (Å²) in [5.74, 6) is 1.13. The number of nitrogens with two attached hydrogens (primary N) is 1. The van der Waals surface area contributed by atoms with E-state index in [1.54, 1.807) is 12.1 Å². The van der Waals surface area contributed by atoms with E-state index in [4.69, 9.17) is 11.1 Å². The van der Waals surface area contributed by atoms with Crippen molar-refractivity contribution in [3.05, 3.63) is 77.4 Å². The third kappa shape index (κ3) is 4.08. The third-order valence-electron chi connectivity index (χ3n) is 4.90. The van der Waals surface area contributed by atoms with E-state index in [2.05, 4.69) is 36.0 Å². The van der Waals surface area contributed by atoms with E-state index in [1.807, 2.05) is 30.3 Å². The SMILES string of the molecule is CC(C)(C)Cc1nc(-c2ccc(N)c(C(=N)c3ccc4cc(F)ccc4c3)c2)n[nH]1. The van der Waals surface area contributed by atoms with E-state index in [1.165, 1.54) is 12.1 Å². The lowest BCUT2D eigenvalue weighted by Crippen LogP contribution is -2.10. The van der Waals surface area contributed by atoms with E-state index in [0.717, 1.165) is 28.6 Å². The number of nitrogens with one attached hydrogen (secondary N) is 2. The van der Waals surface area contributed by atoms with Gasteiger partial charge in [0.25, 0.3) is 0 Å². The maximum atomic E-state index is 13.4. The zero-order valence-electron chi connectivity index (χ0n) is 17.3. The van der Waals surface area contributed by atoms with Crippen molar-refractivity contribution in [2.24, 2.45) is 5.41 Å². The van der Waals surface area contributed by atoms with Gasteiger partial charge in [-0.25, -0.2) is 9.37 Å². The molecule has 0 spiro atoms. The molecule has 4 N–H and O–H groups in total. The standard InChI is InChI=1S/C24H24FN5/c1-24(2,3)13-21-28-23(30-29-21)17-7-9-20(26)19(12-17)22(27)16-5-4-15-11-18(25)8-6-14(15)10-16/h4-12,27H,13,26H2,1-3H3,(H,28,29,30). The summed E-state index contributed by atoms with van der Waals surface area (Å²) in [4.78, 5) is 4.60. The Morgan fingerprint density at radius 1 is 1.03 bits per heavy atom.